The average Bonchev–Trinajstić information content (AvgIpc) is 2.58. The number of anilines is 3. The summed E-state index contributed by atoms with van der Waals surface area (Å²) < 4.78 is 0. The zero-order chi connectivity index (χ0) is 17.8. The van der Waals surface area contributed by atoms with Crippen LogP contribution < -0.4 is 10.6 Å². The third kappa shape index (κ3) is 4.55. The van der Waals surface area contributed by atoms with E-state index in [1.54, 1.807) is 30.3 Å². The maximum atomic E-state index is 12.4. The Bertz CT molecular complexity index is 892. The maximum absolute atomic E-state index is 12.4. The Kier molecular flexibility index (Phi) is 4.95. The highest BCUT2D eigenvalue weighted by molar-refractivity contribution is 6.30. The Morgan fingerprint density at radius 1 is 0.920 bits per heavy atom. The Hall–Kier alpha value is -2.92. The Balaban J connectivity index is 1.79. The molecule has 3 rings (SSSR count). The molecule has 6 heteroatoms. The van der Waals surface area contributed by atoms with Crippen LogP contribution in [-0.2, 0) is 0 Å². The van der Waals surface area contributed by atoms with E-state index in [1.165, 1.54) is 5.56 Å². The number of aromatic nitrogens is 2. The molecule has 2 N–H and O–H groups in total. The molecular weight excluding hydrogens is 336 g/mol. The predicted molar refractivity (Wildman–Crippen MR) is 101 cm³/mol. The van der Waals surface area contributed by atoms with Crippen LogP contribution in [0.1, 0.15) is 21.7 Å². The second-order valence-electron chi connectivity index (χ2n) is 5.67. The van der Waals surface area contributed by atoms with Crippen LogP contribution >= 0.6 is 11.6 Å². The summed E-state index contributed by atoms with van der Waals surface area (Å²) in [6, 6.07) is 16.4. The lowest BCUT2D eigenvalue weighted by Crippen LogP contribution is -2.15. The standard InChI is InChI=1S/C19H17ClN4O/c1-12-3-7-16(8-4-12)23-19-21-13(2)11-17(24-19)18(25)22-15-9-5-14(20)6-10-15/h3-11H,1-2H3,(H,22,25)(H,21,23,24). The van der Waals surface area contributed by atoms with Crippen molar-refractivity contribution >= 4 is 34.8 Å². The Morgan fingerprint density at radius 3 is 2.24 bits per heavy atom. The number of halogens is 1. The third-order valence-electron chi connectivity index (χ3n) is 3.50. The summed E-state index contributed by atoms with van der Waals surface area (Å²) >= 11 is 5.85. The van der Waals surface area contributed by atoms with E-state index in [4.69, 9.17) is 11.6 Å². The molecule has 0 spiro atoms. The fourth-order valence-corrected chi connectivity index (χ4v) is 2.36. The Morgan fingerprint density at radius 2 is 1.56 bits per heavy atom. The first-order chi connectivity index (χ1) is 12.0. The summed E-state index contributed by atoms with van der Waals surface area (Å²) in [4.78, 5) is 21.1. The van der Waals surface area contributed by atoms with Crippen molar-refractivity contribution in [1.29, 1.82) is 0 Å². The lowest BCUT2D eigenvalue weighted by atomic mass is 10.2. The number of benzene rings is 2. The van der Waals surface area contributed by atoms with Crippen molar-refractivity contribution in [3.63, 3.8) is 0 Å². The molecule has 2 aromatic carbocycles. The highest BCUT2D eigenvalue weighted by Gasteiger charge is 2.11. The number of nitrogens with one attached hydrogen (secondary N) is 2. The van der Waals surface area contributed by atoms with E-state index in [9.17, 15) is 4.79 Å². The first-order valence-corrected chi connectivity index (χ1v) is 8.14. The van der Waals surface area contributed by atoms with E-state index in [2.05, 4.69) is 20.6 Å². The Labute approximate surface area is 151 Å². The predicted octanol–water partition coefficient (Wildman–Crippen LogP) is 4.74. The molecule has 0 atom stereocenters. The van der Waals surface area contributed by atoms with Crippen molar-refractivity contribution in [2.24, 2.45) is 0 Å². The summed E-state index contributed by atoms with van der Waals surface area (Å²) in [6.07, 6.45) is 0. The molecular formula is C19H17ClN4O. The zero-order valence-electron chi connectivity index (χ0n) is 13.9. The van der Waals surface area contributed by atoms with Crippen LogP contribution in [0.5, 0.6) is 0 Å². The van der Waals surface area contributed by atoms with E-state index in [-0.39, 0.29) is 11.6 Å². The minimum absolute atomic E-state index is 0.289. The summed E-state index contributed by atoms with van der Waals surface area (Å²) in [7, 11) is 0. The molecule has 0 unspecified atom stereocenters. The molecule has 126 valence electrons. The maximum Gasteiger partial charge on any atom is 0.274 e. The number of aryl methyl sites for hydroxylation is 2. The largest absolute Gasteiger partial charge is 0.324 e. The van der Waals surface area contributed by atoms with Crippen LogP contribution in [0.3, 0.4) is 0 Å². The fourth-order valence-electron chi connectivity index (χ4n) is 2.24. The molecule has 1 amide bonds. The van der Waals surface area contributed by atoms with Crippen molar-refractivity contribution in [2.75, 3.05) is 10.6 Å². The second kappa shape index (κ2) is 7.32. The van der Waals surface area contributed by atoms with Crippen molar-refractivity contribution < 1.29 is 4.79 Å². The highest BCUT2D eigenvalue weighted by atomic mass is 35.5. The van der Waals surface area contributed by atoms with Crippen molar-refractivity contribution in [3.05, 3.63) is 76.6 Å². The molecule has 0 aliphatic heterocycles. The number of rotatable bonds is 4. The van der Waals surface area contributed by atoms with Crippen LogP contribution in [0.4, 0.5) is 17.3 Å². The third-order valence-corrected chi connectivity index (χ3v) is 3.75. The van der Waals surface area contributed by atoms with Gasteiger partial charge in [0.2, 0.25) is 5.95 Å². The van der Waals surface area contributed by atoms with Crippen molar-refractivity contribution in [2.45, 2.75) is 13.8 Å². The summed E-state index contributed by atoms with van der Waals surface area (Å²) in [5, 5.41) is 6.53. The smallest absolute Gasteiger partial charge is 0.274 e. The van der Waals surface area contributed by atoms with Crippen molar-refractivity contribution in [3.8, 4) is 0 Å². The number of carbonyl (C=O) groups excluding carboxylic acids is 1. The zero-order valence-corrected chi connectivity index (χ0v) is 14.6. The molecule has 0 aliphatic rings. The number of amides is 1. The van der Waals surface area contributed by atoms with Gasteiger partial charge in [-0.25, -0.2) is 9.97 Å². The summed E-state index contributed by atoms with van der Waals surface area (Å²) in [5.74, 6) is 0.0740. The minimum atomic E-state index is -0.306. The lowest BCUT2D eigenvalue weighted by molar-refractivity contribution is 0.102. The second-order valence-corrected chi connectivity index (χ2v) is 6.11. The topological polar surface area (TPSA) is 66.9 Å². The minimum Gasteiger partial charge on any atom is -0.324 e. The van der Waals surface area contributed by atoms with Gasteiger partial charge in [-0.1, -0.05) is 29.3 Å². The average molecular weight is 353 g/mol. The van der Waals surface area contributed by atoms with Gasteiger partial charge in [0, 0.05) is 22.1 Å². The quantitative estimate of drug-likeness (QED) is 0.711. The van der Waals surface area contributed by atoms with Gasteiger partial charge in [-0.3, -0.25) is 4.79 Å². The first kappa shape index (κ1) is 16.9. The van der Waals surface area contributed by atoms with Gasteiger partial charge in [0.1, 0.15) is 5.69 Å². The molecule has 0 bridgehead atoms. The molecule has 1 heterocycles. The van der Waals surface area contributed by atoms with Crippen LogP contribution in [-0.4, -0.2) is 15.9 Å². The monoisotopic (exact) mass is 352 g/mol. The molecule has 0 radical (unpaired) electrons. The highest BCUT2D eigenvalue weighted by Crippen LogP contribution is 2.17. The molecule has 1 aromatic heterocycles. The molecule has 25 heavy (non-hydrogen) atoms. The van der Waals surface area contributed by atoms with E-state index < -0.39 is 0 Å². The van der Waals surface area contributed by atoms with Crippen LogP contribution in [0.15, 0.2) is 54.6 Å². The van der Waals surface area contributed by atoms with Gasteiger partial charge in [-0.2, -0.15) is 0 Å². The van der Waals surface area contributed by atoms with Gasteiger partial charge in [0.15, 0.2) is 0 Å². The fraction of sp³-hybridized carbons (Fsp3) is 0.105. The molecule has 5 nitrogen and oxygen atoms in total. The number of hydrogen-bond donors (Lipinski definition) is 2. The van der Waals surface area contributed by atoms with Gasteiger partial charge in [0.05, 0.1) is 0 Å². The summed E-state index contributed by atoms with van der Waals surface area (Å²) in [5.41, 5.74) is 3.67. The molecule has 3 aromatic rings. The number of nitrogens with zero attached hydrogens (tertiary/aromatic N) is 2. The van der Waals surface area contributed by atoms with E-state index in [0.29, 0.717) is 22.4 Å². The lowest BCUT2D eigenvalue weighted by Gasteiger charge is -2.09. The van der Waals surface area contributed by atoms with E-state index >= 15 is 0 Å². The van der Waals surface area contributed by atoms with Gasteiger partial charge in [-0.05, 0) is 56.3 Å². The number of hydrogen-bond acceptors (Lipinski definition) is 4. The van der Waals surface area contributed by atoms with Gasteiger partial charge >= 0.3 is 0 Å². The van der Waals surface area contributed by atoms with Crippen LogP contribution in [0.2, 0.25) is 5.02 Å². The van der Waals surface area contributed by atoms with Gasteiger partial charge in [0.25, 0.3) is 5.91 Å². The number of carbonyl (C=O) groups is 1. The van der Waals surface area contributed by atoms with E-state index in [0.717, 1.165) is 5.69 Å². The van der Waals surface area contributed by atoms with E-state index in [1.807, 2.05) is 38.1 Å². The molecule has 0 fully saturated rings. The summed E-state index contributed by atoms with van der Waals surface area (Å²) in [6.45, 7) is 3.84. The van der Waals surface area contributed by atoms with Gasteiger partial charge < -0.3 is 10.6 Å². The molecule has 0 saturated heterocycles. The SMILES string of the molecule is Cc1ccc(Nc2nc(C)cc(C(=O)Nc3ccc(Cl)cc3)n2)cc1. The van der Waals surface area contributed by atoms with Crippen LogP contribution in [0, 0.1) is 13.8 Å². The van der Waals surface area contributed by atoms with Crippen LogP contribution in [0.25, 0.3) is 0 Å². The van der Waals surface area contributed by atoms with Crippen molar-refractivity contribution in [1.82, 2.24) is 9.97 Å². The molecule has 0 saturated carbocycles. The first-order valence-electron chi connectivity index (χ1n) is 7.76. The van der Waals surface area contributed by atoms with Gasteiger partial charge in [-0.15, -0.1) is 0 Å². The normalized spacial score (nSPS) is 10.4. The molecule has 0 aliphatic carbocycles.